The minimum absolute atomic E-state index is 0.0729. The van der Waals surface area contributed by atoms with E-state index in [-0.39, 0.29) is 11.3 Å². The number of rotatable bonds is 7. The molecule has 0 saturated carbocycles. The molecular weight excluding hydrogens is 442 g/mol. The number of nitrogens with zero attached hydrogens (tertiary/aromatic N) is 1. The Morgan fingerprint density at radius 3 is 2.17 bits per heavy atom. The molecule has 1 heterocycles. The van der Waals surface area contributed by atoms with Crippen molar-refractivity contribution in [3.05, 3.63) is 120 Å². The molecule has 0 radical (unpaired) electrons. The number of esters is 2. The molecule has 0 fully saturated rings. The zero-order valence-corrected chi connectivity index (χ0v) is 19.5. The van der Waals surface area contributed by atoms with Crippen molar-refractivity contribution < 1.29 is 23.8 Å². The number of methoxy groups -OCH3 is 2. The molecule has 6 heteroatoms. The van der Waals surface area contributed by atoms with E-state index in [1.54, 1.807) is 23.3 Å². The Hall–Kier alpha value is -4.58. The SMILES string of the molecule is COC(=O)C1=C(C(=O)OC)N(c2ccc(-c3ccccc3OCc3ccccc3)cc2)C=CC=C1. The normalized spacial score (nSPS) is 12.8. The lowest BCUT2D eigenvalue weighted by Gasteiger charge is -2.23. The van der Waals surface area contributed by atoms with Gasteiger partial charge >= 0.3 is 11.9 Å². The highest BCUT2D eigenvalue weighted by Crippen LogP contribution is 2.33. The Kier molecular flexibility index (Phi) is 7.43. The van der Waals surface area contributed by atoms with E-state index >= 15 is 0 Å². The highest BCUT2D eigenvalue weighted by molar-refractivity contribution is 6.05. The van der Waals surface area contributed by atoms with Crippen molar-refractivity contribution in [1.29, 1.82) is 0 Å². The van der Waals surface area contributed by atoms with Gasteiger partial charge < -0.3 is 19.1 Å². The third kappa shape index (κ3) is 5.33. The number of benzene rings is 3. The lowest BCUT2D eigenvalue weighted by atomic mass is 10.0. The van der Waals surface area contributed by atoms with Crippen molar-refractivity contribution in [2.45, 2.75) is 6.61 Å². The Morgan fingerprint density at radius 1 is 0.771 bits per heavy atom. The molecule has 0 unspecified atom stereocenters. The van der Waals surface area contributed by atoms with Crippen LogP contribution in [0.25, 0.3) is 11.1 Å². The molecule has 176 valence electrons. The summed E-state index contributed by atoms with van der Waals surface area (Å²) >= 11 is 0. The van der Waals surface area contributed by atoms with Gasteiger partial charge in [-0.3, -0.25) is 0 Å². The molecular formula is C29H25NO5. The molecule has 0 amide bonds. The van der Waals surface area contributed by atoms with Gasteiger partial charge in [-0.25, -0.2) is 9.59 Å². The molecule has 0 bridgehead atoms. The summed E-state index contributed by atoms with van der Waals surface area (Å²) in [5.74, 6) is -0.507. The first-order valence-corrected chi connectivity index (χ1v) is 11.0. The van der Waals surface area contributed by atoms with Gasteiger partial charge in [-0.2, -0.15) is 0 Å². The lowest BCUT2D eigenvalue weighted by Crippen LogP contribution is -2.26. The molecule has 0 spiro atoms. The fraction of sp³-hybridized carbons (Fsp3) is 0.103. The van der Waals surface area contributed by atoms with Crippen LogP contribution in [-0.2, 0) is 25.7 Å². The topological polar surface area (TPSA) is 65.1 Å². The molecule has 3 aromatic carbocycles. The summed E-state index contributed by atoms with van der Waals surface area (Å²) in [6.45, 7) is 0.463. The molecule has 0 aliphatic carbocycles. The maximum Gasteiger partial charge on any atom is 0.355 e. The monoisotopic (exact) mass is 467 g/mol. The van der Waals surface area contributed by atoms with Crippen LogP contribution in [0, 0.1) is 0 Å². The molecule has 0 saturated heterocycles. The standard InChI is InChI=1S/C29H25NO5/c1-33-28(31)25-13-8-9-19-30(27(25)29(32)34-2)23-17-15-22(16-18-23)24-12-6-7-14-26(24)35-20-21-10-4-3-5-11-21/h3-19H,20H2,1-2H3. The smallest absolute Gasteiger partial charge is 0.355 e. The van der Waals surface area contributed by atoms with Crippen LogP contribution < -0.4 is 9.64 Å². The van der Waals surface area contributed by atoms with Crippen molar-refractivity contribution in [2.24, 2.45) is 0 Å². The van der Waals surface area contributed by atoms with Crippen molar-refractivity contribution in [2.75, 3.05) is 19.1 Å². The van der Waals surface area contributed by atoms with Crippen LogP contribution in [0.4, 0.5) is 5.69 Å². The van der Waals surface area contributed by atoms with Gasteiger partial charge in [0.25, 0.3) is 0 Å². The number of hydrogen-bond acceptors (Lipinski definition) is 6. The molecule has 3 aromatic rings. The summed E-state index contributed by atoms with van der Waals surface area (Å²) in [4.78, 5) is 26.6. The first kappa shape index (κ1) is 23.6. The Balaban J connectivity index is 1.65. The highest BCUT2D eigenvalue weighted by Gasteiger charge is 2.27. The molecule has 0 aromatic heterocycles. The molecule has 1 aliphatic heterocycles. The predicted octanol–water partition coefficient (Wildman–Crippen LogP) is 5.42. The van der Waals surface area contributed by atoms with Crippen LogP contribution in [-0.4, -0.2) is 26.2 Å². The van der Waals surface area contributed by atoms with Crippen LogP contribution in [0.3, 0.4) is 0 Å². The van der Waals surface area contributed by atoms with Crippen molar-refractivity contribution in [1.82, 2.24) is 0 Å². The number of ether oxygens (including phenoxy) is 3. The first-order valence-electron chi connectivity index (χ1n) is 11.0. The second-order valence-electron chi connectivity index (χ2n) is 7.63. The first-order chi connectivity index (χ1) is 17.1. The van der Waals surface area contributed by atoms with Gasteiger partial charge in [0.15, 0.2) is 0 Å². The minimum atomic E-state index is -0.648. The maximum atomic E-state index is 12.6. The highest BCUT2D eigenvalue weighted by atomic mass is 16.5. The van der Waals surface area contributed by atoms with E-state index in [2.05, 4.69) is 0 Å². The maximum absolute atomic E-state index is 12.6. The van der Waals surface area contributed by atoms with Crippen LogP contribution >= 0.6 is 0 Å². The van der Waals surface area contributed by atoms with Gasteiger partial charge in [0.2, 0.25) is 0 Å². The largest absolute Gasteiger partial charge is 0.488 e. The zero-order chi connectivity index (χ0) is 24.6. The fourth-order valence-corrected chi connectivity index (χ4v) is 3.73. The molecule has 4 rings (SSSR count). The summed E-state index contributed by atoms with van der Waals surface area (Å²) in [5.41, 5.74) is 3.84. The summed E-state index contributed by atoms with van der Waals surface area (Å²) in [7, 11) is 2.54. The van der Waals surface area contributed by atoms with Gasteiger partial charge in [0, 0.05) is 17.5 Å². The van der Waals surface area contributed by atoms with Gasteiger partial charge in [-0.1, -0.05) is 66.7 Å². The van der Waals surface area contributed by atoms with E-state index in [0.29, 0.717) is 12.3 Å². The number of hydrogen-bond donors (Lipinski definition) is 0. The Bertz CT molecular complexity index is 1290. The second kappa shape index (κ2) is 11.0. The second-order valence-corrected chi connectivity index (χ2v) is 7.63. The average molecular weight is 468 g/mol. The average Bonchev–Trinajstić information content (AvgIpc) is 3.15. The van der Waals surface area contributed by atoms with Gasteiger partial charge in [0.1, 0.15) is 18.1 Å². The summed E-state index contributed by atoms with van der Waals surface area (Å²) in [6.07, 6.45) is 6.64. The summed E-state index contributed by atoms with van der Waals surface area (Å²) in [5, 5.41) is 0. The summed E-state index contributed by atoms with van der Waals surface area (Å²) < 4.78 is 15.9. The van der Waals surface area contributed by atoms with Gasteiger partial charge in [-0.05, 0) is 41.5 Å². The number of carbonyl (C=O) groups excluding carboxylic acids is 2. The van der Waals surface area contributed by atoms with Crippen LogP contribution in [0.15, 0.2) is 115 Å². The Labute approximate surface area is 204 Å². The van der Waals surface area contributed by atoms with E-state index < -0.39 is 11.9 Å². The van der Waals surface area contributed by atoms with E-state index in [1.807, 2.05) is 78.9 Å². The molecule has 0 atom stereocenters. The number of carbonyl (C=O) groups is 2. The van der Waals surface area contributed by atoms with Crippen molar-refractivity contribution in [3.63, 3.8) is 0 Å². The van der Waals surface area contributed by atoms with Crippen LogP contribution in [0.2, 0.25) is 0 Å². The molecule has 0 N–H and O–H groups in total. The minimum Gasteiger partial charge on any atom is -0.488 e. The number of anilines is 1. The molecule has 1 aliphatic rings. The van der Waals surface area contributed by atoms with Crippen molar-refractivity contribution >= 4 is 17.6 Å². The Morgan fingerprint density at radius 2 is 1.46 bits per heavy atom. The lowest BCUT2D eigenvalue weighted by molar-refractivity contribution is -0.139. The predicted molar refractivity (Wildman–Crippen MR) is 134 cm³/mol. The van der Waals surface area contributed by atoms with E-state index in [4.69, 9.17) is 14.2 Å². The molecule has 35 heavy (non-hydrogen) atoms. The third-order valence-electron chi connectivity index (χ3n) is 5.47. The van der Waals surface area contributed by atoms with E-state index in [1.165, 1.54) is 20.3 Å². The quantitative estimate of drug-likeness (QED) is 0.432. The third-order valence-corrected chi connectivity index (χ3v) is 5.47. The number of para-hydroxylation sites is 1. The van der Waals surface area contributed by atoms with Crippen LogP contribution in [0.1, 0.15) is 5.56 Å². The summed E-state index contributed by atoms with van der Waals surface area (Å²) in [6, 6.07) is 25.5. The fourth-order valence-electron chi connectivity index (χ4n) is 3.73. The van der Waals surface area contributed by atoms with E-state index in [0.717, 1.165) is 22.4 Å². The van der Waals surface area contributed by atoms with Gasteiger partial charge in [-0.15, -0.1) is 0 Å². The van der Waals surface area contributed by atoms with Gasteiger partial charge in [0.05, 0.1) is 19.8 Å². The van der Waals surface area contributed by atoms with Crippen LogP contribution in [0.5, 0.6) is 5.75 Å². The van der Waals surface area contributed by atoms with Crippen molar-refractivity contribution in [3.8, 4) is 16.9 Å². The zero-order valence-electron chi connectivity index (χ0n) is 19.5. The van der Waals surface area contributed by atoms with E-state index in [9.17, 15) is 9.59 Å². The number of allylic oxidation sites excluding steroid dienone is 2. The molecule has 6 nitrogen and oxygen atoms in total.